The normalized spacial score (nSPS) is 28.4. The predicted molar refractivity (Wildman–Crippen MR) is 72.8 cm³/mol. The lowest BCUT2D eigenvalue weighted by Crippen LogP contribution is -2.48. The van der Waals surface area contributed by atoms with Gasteiger partial charge in [0.15, 0.2) is 0 Å². The topological polar surface area (TPSA) is 26.0 Å². The minimum Gasteiger partial charge on any atom is -0.325 e. The molecule has 0 saturated heterocycles. The largest absolute Gasteiger partial charge is 0.391 e. The van der Waals surface area contributed by atoms with E-state index < -0.39 is 17.6 Å². The zero-order valence-corrected chi connectivity index (χ0v) is 12.1. The number of hydrogen-bond donors (Lipinski definition) is 1. The molecule has 1 aromatic carbocycles. The lowest BCUT2D eigenvalue weighted by atomic mass is 9.73. The second kappa shape index (κ2) is 5.44. The van der Waals surface area contributed by atoms with Crippen LogP contribution in [-0.2, 0) is 6.42 Å². The van der Waals surface area contributed by atoms with E-state index in [4.69, 9.17) is 5.73 Å². The summed E-state index contributed by atoms with van der Waals surface area (Å²) in [6.07, 6.45) is -2.17. The van der Waals surface area contributed by atoms with E-state index in [9.17, 15) is 13.2 Å². The third kappa shape index (κ3) is 3.96. The van der Waals surface area contributed by atoms with Crippen molar-refractivity contribution in [1.29, 1.82) is 0 Å². The maximum Gasteiger partial charge on any atom is 0.391 e. The van der Waals surface area contributed by atoms with Crippen LogP contribution in [0.25, 0.3) is 0 Å². The minimum absolute atomic E-state index is 0.0308. The van der Waals surface area contributed by atoms with Crippen LogP contribution in [0.15, 0.2) is 28.7 Å². The van der Waals surface area contributed by atoms with E-state index in [1.165, 1.54) is 0 Å². The van der Waals surface area contributed by atoms with Gasteiger partial charge in [-0.05, 0) is 43.4 Å². The van der Waals surface area contributed by atoms with E-state index in [2.05, 4.69) is 15.9 Å². The summed E-state index contributed by atoms with van der Waals surface area (Å²) >= 11 is 3.37. The van der Waals surface area contributed by atoms with Crippen LogP contribution in [0.2, 0.25) is 0 Å². The molecule has 1 aliphatic rings. The highest BCUT2D eigenvalue weighted by molar-refractivity contribution is 9.10. The molecule has 1 saturated carbocycles. The lowest BCUT2D eigenvalue weighted by molar-refractivity contribution is -0.187. The van der Waals surface area contributed by atoms with Gasteiger partial charge >= 0.3 is 6.18 Å². The molecule has 5 heteroatoms. The molecule has 0 heterocycles. The van der Waals surface area contributed by atoms with Gasteiger partial charge in [-0.1, -0.05) is 34.5 Å². The van der Waals surface area contributed by atoms with Crippen molar-refractivity contribution < 1.29 is 13.2 Å². The van der Waals surface area contributed by atoms with Crippen molar-refractivity contribution >= 4 is 15.9 Å². The van der Waals surface area contributed by atoms with E-state index in [0.29, 0.717) is 19.3 Å². The first-order valence-electron chi connectivity index (χ1n) is 6.39. The summed E-state index contributed by atoms with van der Waals surface area (Å²) in [7, 11) is 0. The molecule has 0 radical (unpaired) electrons. The van der Waals surface area contributed by atoms with Crippen LogP contribution in [0.5, 0.6) is 0 Å². The van der Waals surface area contributed by atoms with Crippen LogP contribution >= 0.6 is 15.9 Å². The average Bonchev–Trinajstić information content (AvgIpc) is 2.27. The molecule has 2 unspecified atom stereocenters. The Balaban J connectivity index is 2.10. The van der Waals surface area contributed by atoms with Crippen LogP contribution in [-0.4, -0.2) is 11.7 Å². The van der Waals surface area contributed by atoms with Gasteiger partial charge in [0.25, 0.3) is 0 Å². The highest BCUT2D eigenvalue weighted by atomic mass is 79.9. The monoisotopic (exact) mass is 335 g/mol. The van der Waals surface area contributed by atoms with Gasteiger partial charge in [0, 0.05) is 10.0 Å². The number of nitrogens with two attached hydrogens (primary N) is 1. The highest BCUT2D eigenvalue weighted by Crippen LogP contribution is 2.41. The lowest BCUT2D eigenvalue weighted by Gasteiger charge is -2.39. The molecule has 0 amide bonds. The summed E-state index contributed by atoms with van der Waals surface area (Å²) in [5.74, 6) is -1.25. The van der Waals surface area contributed by atoms with Gasteiger partial charge in [0.05, 0.1) is 5.92 Å². The van der Waals surface area contributed by atoms with Gasteiger partial charge < -0.3 is 5.73 Å². The first-order chi connectivity index (χ1) is 8.78. The Morgan fingerprint density at radius 3 is 2.74 bits per heavy atom. The number of hydrogen-bond acceptors (Lipinski definition) is 1. The number of rotatable bonds is 2. The van der Waals surface area contributed by atoms with Crippen molar-refractivity contribution in [3.63, 3.8) is 0 Å². The fourth-order valence-corrected chi connectivity index (χ4v) is 3.34. The third-order valence-corrected chi connectivity index (χ3v) is 4.28. The summed E-state index contributed by atoms with van der Waals surface area (Å²) in [6.45, 7) is 0. The molecule has 0 bridgehead atoms. The van der Waals surface area contributed by atoms with E-state index in [1.807, 2.05) is 24.3 Å². The second-order valence-corrected chi connectivity index (χ2v) is 6.42. The fourth-order valence-electron chi connectivity index (χ4n) is 2.89. The first kappa shape index (κ1) is 14.9. The van der Waals surface area contributed by atoms with Crippen molar-refractivity contribution in [2.45, 2.75) is 43.8 Å². The maximum absolute atomic E-state index is 12.8. The summed E-state index contributed by atoms with van der Waals surface area (Å²) in [4.78, 5) is 0. The van der Waals surface area contributed by atoms with Crippen LogP contribution in [0.4, 0.5) is 13.2 Å². The number of benzene rings is 1. The molecular weight excluding hydrogens is 319 g/mol. The van der Waals surface area contributed by atoms with Crippen molar-refractivity contribution in [2.75, 3.05) is 0 Å². The van der Waals surface area contributed by atoms with E-state index in [-0.39, 0.29) is 12.8 Å². The molecule has 19 heavy (non-hydrogen) atoms. The van der Waals surface area contributed by atoms with E-state index in [0.717, 1.165) is 10.0 Å². The average molecular weight is 336 g/mol. The molecule has 0 spiro atoms. The SMILES string of the molecule is NC1(Cc2cccc(Br)c2)CCCC(C(F)(F)F)C1. The van der Waals surface area contributed by atoms with E-state index >= 15 is 0 Å². The Morgan fingerprint density at radius 1 is 1.37 bits per heavy atom. The van der Waals surface area contributed by atoms with Gasteiger partial charge in [-0.15, -0.1) is 0 Å². The fraction of sp³-hybridized carbons (Fsp3) is 0.571. The van der Waals surface area contributed by atoms with Crippen LogP contribution in [0.3, 0.4) is 0 Å². The Morgan fingerprint density at radius 2 is 2.11 bits per heavy atom. The number of halogens is 4. The molecular formula is C14H17BrF3N. The molecule has 106 valence electrons. The van der Waals surface area contributed by atoms with E-state index in [1.54, 1.807) is 0 Å². The zero-order chi connectivity index (χ0) is 14.1. The van der Waals surface area contributed by atoms with Crippen molar-refractivity contribution in [1.82, 2.24) is 0 Å². The zero-order valence-electron chi connectivity index (χ0n) is 10.5. The first-order valence-corrected chi connectivity index (χ1v) is 7.18. The van der Waals surface area contributed by atoms with Gasteiger partial charge in [-0.2, -0.15) is 13.2 Å². The minimum atomic E-state index is -4.12. The molecule has 1 fully saturated rings. The molecule has 2 N–H and O–H groups in total. The summed E-state index contributed by atoms with van der Waals surface area (Å²) in [5.41, 5.74) is 6.46. The maximum atomic E-state index is 12.8. The Bertz CT molecular complexity index is 447. The quantitative estimate of drug-likeness (QED) is 0.849. The van der Waals surface area contributed by atoms with Gasteiger partial charge in [0.1, 0.15) is 0 Å². The third-order valence-electron chi connectivity index (χ3n) is 3.79. The molecule has 1 aromatic rings. The molecule has 1 nitrogen and oxygen atoms in total. The van der Waals surface area contributed by atoms with Crippen molar-refractivity contribution in [3.05, 3.63) is 34.3 Å². The molecule has 0 aliphatic heterocycles. The second-order valence-electron chi connectivity index (χ2n) is 5.50. The molecule has 2 atom stereocenters. The van der Waals surface area contributed by atoms with Crippen LogP contribution in [0, 0.1) is 5.92 Å². The van der Waals surface area contributed by atoms with Crippen molar-refractivity contribution in [2.24, 2.45) is 11.7 Å². The Hall–Kier alpha value is -0.550. The molecule has 2 rings (SSSR count). The van der Waals surface area contributed by atoms with Gasteiger partial charge in [-0.25, -0.2) is 0 Å². The standard InChI is InChI=1S/C14H17BrF3N/c15-12-5-1-3-10(7-12)8-13(19)6-2-4-11(9-13)14(16,17)18/h1,3,5,7,11H,2,4,6,8-9,19H2. The Kier molecular flexibility index (Phi) is 4.26. The summed E-state index contributed by atoms with van der Waals surface area (Å²) in [5, 5.41) is 0. The molecule has 1 aliphatic carbocycles. The van der Waals surface area contributed by atoms with Gasteiger partial charge in [-0.3, -0.25) is 0 Å². The highest BCUT2D eigenvalue weighted by Gasteiger charge is 2.46. The van der Waals surface area contributed by atoms with Crippen LogP contribution < -0.4 is 5.73 Å². The predicted octanol–water partition coefficient (Wildman–Crippen LogP) is 4.44. The molecule has 0 aromatic heterocycles. The van der Waals surface area contributed by atoms with Gasteiger partial charge in [0.2, 0.25) is 0 Å². The number of alkyl halides is 3. The van der Waals surface area contributed by atoms with Crippen molar-refractivity contribution in [3.8, 4) is 0 Å². The smallest absolute Gasteiger partial charge is 0.325 e. The van der Waals surface area contributed by atoms with Crippen LogP contribution in [0.1, 0.15) is 31.2 Å². The Labute approximate surface area is 119 Å². The summed E-state index contributed by atoms with van der Waals surface area (Å²) < 4.78 is 39.4. The summed E-state index contributed by atoms with van der Waals surface area (Å²) in [6, 6.07) is 7.61.